The molecule has 0 saturated carbocycles. The van der Waals surface area contributed by atoms with Gasteiger partial charge in [-0.05, 0) is 61.4 Å². The number of nitrogens with zero attached hydrogens (tertiary/aromatic N) is 3. The van der Waals surface area contributed by atoms with Gasteiger partial charge in [0.15, 0.2) is 5.65 Å². The van der Waals surface area contributed by atoms with Crippen molar-refractivity contribution in [2.45, 2.75) is 20.4 Å². The normalized spacial score (nSPS) is 10.8. The predicted octanol–water partition coefficient (Wildman–Crippen LogP) is 3.66. The molecular weight excluding hydrogens is 430 g/mol. The molecule has 32 heavy (non-hydrogen) atoms. The topological polar surface area (TPSA) is 97.5 Å². The lowest BCUT2D eigenvalue weighted by Gasteiger charge is -2.06. The number of pyridine rings is 1. The molecule has 4 rings (SSSR count). The van der Waals surface area contributed by atoms with Crippen LogP contribution in [0.1, 0.15) is 21.5 Å². The van der Waals surface area contributed by atoms with E-state index in [0.29, 0.717) is 27.6 Å². The summed E-state index contributed by atoms with van der Waals surface area (Å²) in [6.45, 7) is 3.51. The minimum Gasteiger partial charge on any atom is -0.324 e. The highest BCUT2D eigenvalue weighted by Crippen LogP contribution is 2.20. The maximum Gasteiger partial charge on any atom is 0.350 e. The molecule has 0 radical (unpaired) electrons. The van der Waals surface area contributed by atoms with Crippen LogP contribution in [0.15, 0.2) is 65.6 Å². The summed E-state index contributed by atoms with van der Waals surface area (Å²) in [5, 5.41) is 10.2. The molecule has 0 saturated heterocycles. The maximum atomic E-state index is 12.7. The van der Waals surface area contributed by atoms with Crippen LogP contribution < -0.4 is 16.3 Å². The van der Waals surface area contributed by atoms with Gasteiger partial charge < -0.3 is 10.6 Å². The van der Waals surface area contributed by atoms with Gasteiger partial charge in [-0.3, -0.25) is 9.59 Å². The molecule has 2 heterocycles. The van der Waals surface area contributed by atoms with Gasteiger partial charge in [0.25, 0.3) is 5.91 Å². The molecule has 2 N–H and O–H groups in total. The minimum atomic E-state index is -0.526. The second-order valence-corrected chi connectivity index (χ2v) is 7.83. The number of amides is 2. The Morgan fingerprint density at radius 1 is 1.00 bits per heavy atom. The Morgan fingerprint density at radius 3 is 2.53 bits per heavy atom. The Bertz CT molecular complexity index is 1410. The minimum absolute atomic E-state index is 0.281. The summed E-state index contributed by atoms with van der Waals surface area (Å²) in [5.74, 6) is -0.779. The van der Waals surface area contributed by atoms with Crippen molar-refractivity contribution < 1.29 is 9.59 Å². The number of benzene rings is 2. The number of anilines is 2. The van der Waals surface area contributed by atoms with Crippen LogP contribution >= 0.6 is 11.6 Å². The first-order valence-electron chi connectivity index (χ1n) is 9.83. The number of carbonyl (C=O) groups excluding carboxylic acids is 2. The van der Waals surface area contributed by atoms with E-state index in [1.165, 1.54) is 10.6 Å². The van der Waals surface area contributed by atoms with E-state index >= 15 is 0 Å². The van der Waals surface area contributed by atoms with Crippen LogP contribution in [-0.2, 0) is 11.3 Å². The summed E-state index contributed by atoms with van der Waals surface area (Å²) >= 11 is 6.08. The van der Waals surface area contributed by atoms with E-state index in [9.17, 15) is 14.4 Å². The smallest absolute Gasteiger partial charge is 0.324 e. The van der Waals surface area contributed by atoms with Gasteiger partial charge in [-0.2, -0.15) is 0 Å². The summed E-state index contributed by atoms with van der Waals surface area (Å²) in [5.41, 5.74) is 3.18. The van der Waals surface area contributed by atoms with Gasteiger partial charge in [-0.1, -0.05) is 29.8 Å². The van der Waals surface area contributed by atoms with Crippen LogP contribution in [-0.4, -0.2) is 26.0 Å². The molecule has 9 heteroatoms. The molecule has 2 amide bonds. The second-order valence-electron chi connectivity index (χ2n) is 7.42. The average Bonchev–Trinajstić information content (AvgIpc) is 3.05. The molecule has 2 aromatic heterocycles. The van der Waals surface area contributed by atoms with Gasteiger partial charge in [0.2, 0.25) is 5.91 Å². The van der Waals surface area contributed by atoms with Crippen LogP contribution in [0.2, 0.25) is 5.02 Å². The molecule has 0 spiro atoms. The number of carbonyl (C=O) groups is 2. The SMILES string of the molecule is Cc1cccc(NC(=O)c2ccc3nn(CC(=O)Nc4ccc(C)c(Cl)c4)c(=O)n3c2)c1. The standard InChI is InChI=1S/C23H20ClN5O3/c1-14-4-3-5-17(10-14)26-22(31)16-7-9-20-27-29(23(32)28(20)12-16)13-21(30)25-18-8-6-15(2)19(24)11-18/h3-12H,13H2,1-2H3,(H,25,30)(H,26,31). The highest BCUT2D eigenvalue weighted by atomic mass is 35.5. The van der Waals surface area contributed by atoms with Crippen LogP contribution in [0.25, 0.3) is 5.65 Å². The number of halogens is 1. The van der Waals surface area contributed by atoms with E-state index in [4.69, 9.17) is 11.6 Å². The van der Waals surface area contributed by atoms with Crippen molar-refractivity contribution >= 4 is 40.4 Å². The summed E-state index contributed by atoms with van der Waals surface area (Å²) < 4.78 is 2.28. The molecule has 0 unspecified atom stereocenters. The third-order valence-electron chi connectivity index (χ3n) is 4.86. The predicted molar refractivity (Wildman–Crippen MR) is 123 cm³/mol. The molecule has 0 aliphatic rings. The first-order valence-corrected chi connectivity index (χ1v) is 10.2. The van der Waals surface area contributed by atoms with Crippen molar-refractivity contribution in [2.75, 3.05) is 10.6 Å². The Hall–Kier alpha value is -3.91. The Morgan fingerprint density at radius 2 is 1.78 bits per heavy atom. The van der Waals surface area contributed by atoms with Crippen molar-refractivity contribution in [3.05, 3.63) is 93.0 Å². The summed E-state index contributed by atoms with van der Waals surface area (Å²) in [4.78, 5) is 37.7. The van der Waals surface area contributed by atoms with Crippen LogP contribution in [0.3, 0.4) is 0 Å². The van der Waals surface area contributed by atoms with Gasteiger partial charge in [0, 0.05) is 22.6 Å². The first-order chi connectivity index (χ1) is 15.3. The number of aryl methyl sites for hydroxylation is 2. The lowest BCUT2D eigenvalue weighted by molar-refractivity contribution is -0.117. The van der Waals surface area contributed by atoms with Gasteiger partial charge in [0.05, 0.1) is 5.56 Å². The third-order valence-corrected chi connectivity index (χ3v) is 5.27. The first kappa shape index (κ1) is 21.3. The summed E-state index contributed by atoms with van der Waals surface area (Å²) in [6.07, 6.45) is 1.41. The van der Waals surface area contributed by atoms with E-state index < -0.39 is 11.6 Å². The zero-order chi connectivity index (χ0) is 22.8. The molecule has 2 aromatic carbocycles. The summed E-state index contributed by atoms with van der Waals surface area (Å²) in [7, 11) is 0. The van der Waals surface area contributed by atoms with Gasteiger partial charge >= 0.3 is 5.69 Å². The molecule has 0 atom stereocenters. The Balaban J connectivity index is 1.52. The van der Waals surface area contributed by atoms with Crippen molar-refractivity contribution in [1.82, 2.24) is 14.2 Å². The average molecular weight is 450 g/mol. The quantitative estimate of drug-likeness (QED) is 0.486. The largest absolute Gasteiger partial charge is 0.350 e. The zero-order valence-corrected chi connectivity index (χ0v) is 18.2. The number of rotatable bonds is 5. The fourth-order valence-electron chi connectivity index (χ4n) is 3.19. The maximum absolute atomic E-state index is 12.7. The highest BCUT2D eigenvalue weighted by molar-refractivity contribution is 6.31. The van der Waals surface area contributed by atoms with Crippen molar-refractivity contribution in [3.63, 3.8) is 0 Å². The lowest BCUT2D eigenvalue weighted by atomic mass is 10.2. The van der Waals surface area contributed by atoms with Crippen molar-refractivity contribution in [2.24, 2.45) is 0 Å². The number of hydrogen-bond acceptors (Lipinski definition) is 4. The van der Waals surface area contributed by atoms with Gasteiger partial charge in [-0.15, -0.1) is 5.10 Å². The van der Waals surface area contributed by atoms with Gasteiger partial charge in [0.1, 0.15) is 6.54 Å². The van der Waals surface area contributed by atoms with E-state index in [1.807, 2.05) is 32.0 Å². The molecule has 0 aliphatic carbocycles. The zero-order valence-electron chi connectivity index (χ0n) is 17.4. The molecule has 162 valence electrons. The number of fused-ring (bicyclic) bond motifs is 1. The fourth-order valence-corrected chi connectivity index (χ4v) is 3.37. The number of nitrogens with one attached hydrogen (secondary N) is 2. The number of hydrogen-bond donors (Lipinski definition) is 2. The molecule has 0 aliphatic heterocycles. The third kappa shape index (κ3) is 4.55. The highest BCUT2D eigenvalue weighted by Gasteiger charge is 2.14. The second kappa shape index (κ2) is 8.68. The Kier molecular flexibility index (Phi) is 5.79. The van der Waals surface area contributed by atoms with E-state index in [0.717, 1.165) is 15.8 Å². The lowest BCUT2D eigenvalue weighted by Crippen LogP contribution is -2.28. The van der Waals surface area contributed by atoms with E-state index in [1.54, 1.807) is 36.4 Å². The molecule has 8 nitrogen and oxygen atoms in total. The molecule has 0 fully saturated rings. The van der Waals surface area contributed by atoms with Gasteiger partial charge in [-0.25, -0.2) is 13.9 Å². The monoisotopic (exact) mass is 449 g/mol. The molecule has 4 aromatic rings. The Labute approximate surface area is 188 Å². The van der Waals surface area contributed by atoms with E-state index in [-0.39, 0.29) is 12.5 Å². The van der Waals surface area contributed by atoms with Crippen LogP contribution in [0, 0.1) is 13.8 Å². The van der Waals surface area contributed by atoms with Crippen LogP contribution in [0.4, 0.5) is 11.4 Å². The van der Waals surface area contributed by atoms with Crippen molar-refractivity contribution in [1.29, 1.82) is 0 Å². The van der Waals surface area contributed by atoms with Crippen LogP contribution in [0.5, 0.6) is 0 Å². The van der Waals surface area contributed by atoms with E-state index in [2.05, 4.69) is 15.7 Å². The van der Waals surface area contributed by atoms with Crippen molar-refractivity contribution in [3.8, 4) is 0 Å². The fraction of sp³-hybridized carbons (Fsp3) is 0.130. The molecular formula is C23H20ClN5O3. The summed E-state index contributed by atoms with van der Waals surface area (Å²) in [6, 6.07) is 15.7. The number of aromatic nitrogens is 3. The molecule has 0 bridgehead atoms.